The van der Waals surface area contributed by atoms with Gasteiger partial charge in [-0.2, -0.15) is 0 Å². The van der Waals surface area contributed by atoms with Gasteiger partial charge in [-0.15, -0.1) is 24.0 Å². The van der Waals surface area contributed by atoms with Crippen molar-refractivity contribution in [3.05, 3.63) is 0 Å². The minimum atomic E-state index is -0.448. The van der Waals surface area contributed by atoms with E-state index in [0.717, 1.165) is 13.1 Å². The van der Waals surface area contributed by atoms with Crippen LogP contribution < -0.4 is 5.73 Å². The Morgan fingerprint density at radius 3 is 2.47 bits per heavy atom. The van der Waals surface area contributed by atoms with Crippen LogP contribution in [-0.4, -0.2) is 55.3 Å². The van der Waals surface area contributed by atoms with Crippen LogP contribution in [0.4, 0.5) is 0 Å². The quantitative estimate of drug-likeness (QED) is 0.339. The average Bonchev–Trinajstić information content (AvgIpc) is 2.27. The van der Waals surface area contributed by atoms with Crippen LogP contribution in [0.25, 0.3) is 0 Å². The summed E-state index contributed by atoms with van der Waals surface area (Å²) in [5, 5.41) is 0. The molecule has 1 fully saturated rings. The van der Waals surface area contributed by atoms with E-state index in [9.17, 15) is 4.79 Å². The highest BCUT2D eigenvalue weighted by atomic mass is 127. The molecule has 0 atom stereocenters. The van der Waals surface area contributed by atoms with Gasteiger partial charge in [-0.05, 0) is 20.8 Å². The second-order valence-electron chi connectivity index (χ2n) is 5.18. The molecule has 1 rings (SSSR count). The summed E-state index contributed by atoms with van der Waals surface area (Å²) in [5.74, 6) is 0.225. The van der Waals surface area contributed by atoms with Gasteiger partial charge in [0.1, 0.15) is 5.60 Å². The van der Waals surface area contributed by atoms with E-state index < -0.39 is 5.60 Å². The van der Waals surface area contributed by atoms with Crippen molar-refractivity contribution in [2.75, 3.05) is 32.8 Å². The lowest BCUT2D eigenvalue weighted by atomic mass is 10.2. The van der Waals surface area contributed by atoms with Gasteiger partial charge >= 0.3 is 5.97 Å². The highest BCUT2D eigenvalue weighted by Gasteiger charge is 2.16. The summed E-state index contributed by atoms with van der Waals surface area (Å²) in [6.07, 6.45) is 0.252. The molecule has 0 radical (unpaired) electrons. The largest absolute Gasteiger partial charge is 0.460 e. The first kappa shape index (κ1) is 18.4. The Hall–Kier alpha value is -0.570. The molecule has 0 aromatic heterocycles. The average molecular weight is 385 g/mol. The molecule has 1 aliphatic heterocycles. The van der Waals surface area contributed by atoms with Crippen molar-refractivity contribution in [2.45, 2.75) is 32.8 Å². The predicted octanol–water partition coefficient (Wildman–Crippen LogP) is 0.983. The lowest BCUT2D eigenvalue weighted by Gasteiger charge is -2.27. The van der Waals surface area contributed by atoms with Crippen molar-refractivity contribution in [3.63, 3.8) is 0 Å². The molecule has 112 valence electrons. The predicted molar refractivity (Wildman–Crippen MR) is 84.8 cm³/mol. The topological polar surface area (TPSA) is 77.1 Å². The molecular formula is C12H24IN3O3. The molecule has 0 amide bonds. The van der Waals surface area contributed by atoms with Gasteiger partial charge < -0.3 is 20.1 Å². The van der Waals surface area contributed by atoms with E-state index in [-0.39, 0.29) is 36.4 Å². The van der Waals surface area contributed by atoms with Crippen LogP contribution in [0, 0.1) is 0 Å². The number of nitrogens with zero attached hydrogens (tertiary/aromatic N) is 2. The van der Waals surface area contributed by atoms with Crippen LogP contribution in [0.1, 0.15) is 27.2 Å². The molecule has 0 saturated carbocycles. The fourth-order valence-electron chi connectivity index (χ4n) is 1.55. The van der Waals surface area contributed by atoms with Gasteiger partial charge in [-0.25, -0.2) is 0 Å². The van der Waals surface area contributed by atoms with Crippen LogP contribution in [0.3, 0.4) is 0 Å². The van der Waals surface area contributed by atoms with Crippen molar-refractivity contribution in [2.24, 2.45) is 10.7 Å². The fourth-order valence-corrected chi connectivity index (χ4v) is 1.55. The molecule has 19 heavy (non-hydrogen) atoms. The second kappa shape index (κ2) is 8.57. The Morgan fingerprint density at radius 1 is 1.37 bits per heavy atom. The summed E-state index contributed by atoms with van der Waals surface area (Å²) in [6.45, 7) is 8.73. The molecule has 1 heterocycles. The molecule has 0 spiro atoms. The Labute approximate surface area is 131 Å². The number of halogens is 1. The van der Waals surface area contributed by atoms with Crippen molar-refractivity contribution in [1.29, 1.82) is 0 Å². The molecular weight excluding hydrogens is 361 g/mol. The zero-order valence-corrected chi connectivity index (χ0v) is 14.2. The zero-order valence-electron chi connectivity index (χ0n) is 11.8. The molecule has 7 heteroatoms. The van der Waals surface area contributed by atoms with Crippen LogP contribution in [0.2, 0.25) is 0 Å². The first-order valence-corrected chi connectivity index (χ1v) is 6.23. The summed E-state index contributed by atoms with van der Waals surface area (Å²) in [6, 6.07) is 0. The van der Waals surface area contributed by atoms with E-state index in [4.69, 9.17) is 15.2 Å². The van der Waals surface area contributed by atoms with Gasteiger partial charge in [0.2, 0.25) is 0 Å². The van der Waals surface area contributed by atoms with E-state index in [2.05, 4.69) is 4.99 Å². The zero-order chi connectivity index (χ0) is 13.6. The SMILES string of the molecule is CC(C)(C)OC(=O)CCN=C(N)N1CCOCC1.I. The number of carbonyl (C=O) groups excluding carboxylic acids is 1. The first-order chi connectivity index (χ1) is 8.38. The number of ether oxygens (including phenoxy) is 2. The van der Waals surface area contributed by atoms with E-state index >= 15 is 0 Å². The van der Waals surface area contributed by atoms with E-state index in [1.807, 2.05) is 25.7 Å². The Kier molecular flexibility index (Phi) is 8.31. The maximum absolute atomic E-state index is 11.5. The Balaban J connectivity index is 0.00000324. The number of hydrogen-bond donors (Lipinski definition) is 1. The molecule has 0 aliphatic carbocycles. The van der Waals surface area contributed by atoms with E-state index in [0.29, 0.717) is 25.7 Å². The normalized spacial score (nSPS) is 16.8. The molecule has 0 aromatic rings. The summed E-state index contributed by atoms with van der Waals surface area (Å²) >= 11 is 0. The van der Waals surface area contributed by atoms with Crippen LogP contribution in [-0.2, 0) is 14.3 Å². The van der Waals surface area contributed by atoms with Gasteiger partial charge in [0.05, 0.1) is 26.2 Å². The highest BCUT2D eigenvalue weighted by Crippen LogP contribution is 2.08. The van der Waals surface area contributed by atoms with Gasteiger partial charge in [-0.1, -0.05) is 0 Å². The number of morpholine rings is 1. The van der Waals surface area contributed by atoms with Gasteiger partial charge in [-0.3, -0.25) is 9.79 Å². The number of esters is 1. The molecule has 1 saturated heterocycles. The van der Waals surface area contributed by atoms with Gasteiger partial charge in [0.15, 0.2) is 5.96 Å². The number of rotatable bonds is 3. The summed E-state index contributed by atoms with van der Waals surface area (Å²) in [5.41, 5.74) is 5.38. The summed E-state index contributed by atoms with van der Waals surface area (Å²) < 4.78 is 10.4. The number of aliphatic imine (C=N–C) groups is 1. The van der Waals surface area contributed by atoms with E-state index in [1.165, 1.54) is 0 Å². The Bertz CT molecular complexity index is 310. The minimum Gasteiger partial charge on any atom is -0.460 e. The number of carbonyl (C=O) groups is 1. The molecule has 0 aromatic carbocycles. The molecule has 0 bridgehead atoms. The second-order valence-corrected chi connectivity index (χ2v) is 5.18. The third kappa shape index (κ3) is 8.25. The van der Waals surface area contributed by atoms with Crippen LogP contribution >= 0.6 is 24.0 Å². The smallest absolute Gasteiger partial charge is 0.308 e. The van der Waals surface area contributed by atoms with Crippen molar-refractivity contribution in [1.82, 2.24) is 4.90 Å². The lowest BCUT2D eigenvalue weighted by Crippen LogP contribution is -2.44. The first-order valence-electron chi connectivity index (χ1n) is 6.23. The Morgan fingerprint density at radius 2 is 1.95 bits per heavy atom. The van der Waals surface area contributed by atoms with Crippen LogP contribution in [0.5, 0.6) is 0 Å². The molecule has 1 aliphatic rings. The van der Waals surface area contributed by atoms with Crippen LogP contribution in [0.15, 0.2) is 4.99 Å². The maximum Gasteiger partial charge on any atom is 0.308 e. The highest BCUT2D eigenvalue weighted by molar-refractivity contribution is 14.0. The third-order valence-electron chi connectivity index (χ3n) is 2.34. The van der Waals surface area contributed by atoms with E-state index in [1.54, 1.807) is 0 Å². The third-order valence-corrected chi connectivity index (χ3v) is 2.34. The number of hydrogen-bond acceptors (Lipinski definition) is 4. The maximum atomic E-state index is 11.5. The number of nitrogens with two attached hydrogens (primary N) is 1. The van der Waals surface area contributed by atoms with Crippen molar-refractivity contribution >= 4 is 35.9 Å². The molecule has 0 unspecified atom stereocenters. The number of guanidine groups is 1. The van der Waals surface area contributed by atoms with Crippen molar-refractivity contribution < 1.29 is 14.3 Å². The summed E-state index contributed by atoms with van der Waals surface area (Å²) in [4.78, 5) is 17.6. The van der Waals surface area contributed by atoms with Gasteiger partial charge in [0, 0.05) is 13.1 Å². The molecule has 2 N–H and O–H groups in total. The standard InChI is InChI=1S/C12H23N3O3.HI/c1-12(2,3)18-10(16)4-5-14-11(13)15-6-8-17-9-7-15;/h4-9H2,1-3H3,(H2,13,14);1H. The monoisotopic (exact) mass is 385 g/mol. The van der Waals surface area contributed by atoms with Gasteiger partial charge in [0.25, 0.3) is 0 Å². The minimum absolute atomic E-state index is 0. The molecule has 6 nitrogen and oxygen atoms in total. The lowest BCUT2D eigenvalue weighted by molar-refractivity contribution is -0.154. The van der Waals surface area contributed by atoms with Crippen molar-refractivity contribution in [3.8, 4) is 0 Å². The fraction of sp³-hybridized carbons (Fsp3) is 0.833. The summed E-state index contributed by atoms with van der Waals surface area (Å²) in [7, 11) is 0.